The summed E-state index contributed by atoms with van der Waals surface area (Å²) in [5.74, 6) is 0.812. The van der Waals surface area contributed by atoms with Crippen molar-refractivity contribution in [1.82, 2.24) is 0 Å². The van der Waals surface area contributed by atoms with Crippen molar-refractivity contribution >= 4 is 10.8 Å². The summed E-state index contributed by atoms with van der Waals surface area (Å²) in [7, 11) is -0.638. The van der Waals surface area contributed by atoms with Crippen molar-refractivity contribution in [3.8, 4) is 6.07 Å². The van der Waals surface area contributed by atoms with E-state index in [9.17, 15) is 4.21 Å². The summed E-state index contributed by atoms with van der Waals surface area (Å²) < 4.78 is 10.6. The van der Waals surface area contributed by atoms with Crippen LogP contribution >= 0.6 is 0 Å². The van der Waals surface area contributed by atoms with Crippen molar-refractivity contribution in [2.45, 2.75) is 32.1 Å². The zero-order valence-corrected chi connectivity index (χ0v) is 7.82. The van der Waals surface area contributed by atoms with Crippen molar-refractivity contribution in [3.05, 3.63) is 0 Å². The summed E-state index contributed by atoms with van der Waals surface area (Å²) in [4.78, 5) is 0. The maximum absolute atomic E-state index is 10.6. The number of hydrogen-bond donors (Lipinski definition) is 0. The highest BCUT2D eigenvalue weighted by Gasteiger charge is 1.91. The second-order valence-electron chi connectivity index (χ2n) is 2.60. The standard InChI is InChI=1S/C8H15NOS/c1-11(10)8-6-4-2-3-5-7-9/h2-6,8H2,1H3. The summed E-state index contributed by atoms with van der Waals surface area (Å²) in [6.45, 7) is 0. The second-order valence-corrected chi connectivity index (χ2v) is 4.15. The van der Waals surface area contributed by atoms with Gasteiger partial charge in [0.25, 0.3) is 0 Å². The molecule has 0 aliphatic rings. The topological polar surface area (TPSA) is 40.9 Å². The van der Waals surface area contributed by atoms with Crippen LogP contribution in [0.3, 0.4) is 0 Å². The molecule has 0 spiro atoms. The molecule has 0 aromatic rings. The van der Waals surface area contributed by atoms with E-state index in [-0.39, 0.29) is 0 Å². The highest BCUT2D eigenvalue weighted by Crippen LogP contribution is 2.02. The first-order valence-corrected chi connectivity index (χ1v) is 5.67. The molecule has 11 heavy (non-hydrogen) atoms. The van der Waals surface area contributed by atoms with Gasteiger partial charge >= 0.3 is 0 Å². The molecule has 64 valence electrons. The van der Waals surface area contributed by atoms with Gasteiger partial charge in [-0.1, -0.05) is 12.8 Å². The summed E-state index contributed by atoms with van der Waals surface area (Å²) in [5.41, 5.74) is 0. The minimum atomic E-state index is -0.638. The zero-order valence-electron chi connectivity index (χ0n) is 7.01. The molecule has 0 aliphatic heterocycles. The molecule has 0 rings (SSSR count). The third-order valence-electron chi connectivity index (χ3n) is 1.47. The minimum Gasteiger partial charge on any atom is -0.260 e. The van der Waals surface area contributed by atoms with Gasteiger partial charge in [0.1, 0.15) is 0 Å². The van der Waals surface area contributed by atoms with E-state index in [2.05, 4.69) is 6.07 Å². The van der Waals surface area contributed by atoms with E-state index in [1.807, 2.05) is 0 Å². The van der Waals surface area contributed by atoms with Gasteiger partial charge in [0.2, 0.25) is 0 Å². The third-order valence-corrected chi connectivity index (χ3v) is 2.33. The molecule has 1 unspecified atom stereocenters. The fourth-order valence-electron chi connectivity index (χ4n) is 0.863. The number of nitrogens with zero attached hydrogens (tertiary/aromatic N) is 1. The van der Waals surface area contributed by atoms with Crippen LogP contribution in [0.5, 0.6) is 0 Å². The van der Waals surface area contributed by atoms with E-state index < -0.39 is 10.8 Å². The molecule has 0 aromatic carbocycles. The average molecular weight is 173 g/mol. The van der Waals surface area contributed by atoms with Crippen LogP contribution in [0.2, 0.25) is 0 Å². The molecule has 0 aromatic heterocycles. The van der Waals surface area contributed by atoms with Gasteiger partial charge in [-0.15, -0.1) is 0 Å². The van der Waals surface area contributed by atoms with Crippen molar-refractivity contribution < 1.29 is 4.21 Å². The Kier molecular flexibility index (Phi) is 7.49. The Balaban J connectivity index is 2.92. The minimum absolute atomic E-state index is 0.638. The van der Waals surface area contributed by atoms with Gasteiger partial charge in [-0.3, -0.25) is 4.21 Å². The first-order valence-electron chi connectivity index (χ1n) is 3.94. The van der Waals surface area contributed by atoms with Crippen molar-refractivity contribution in [3.63, 3.8) is 0 Å². The molecule has 1 atom stereocenters. The van der Waals surface area contributed by atoms with Gasteiger partial charge in [0.05, 0.1) is 6.07 Å². The third kappa shape index (κ3) is 9.64. The van der Waals surface area contributed by atoms with E-state index in [0.717, 1.165) is 31.4 Å². The van der Waals surface area contributed by atoms with Crippen LogP contribution < -0.4 is 0 Å². The van der Waals surface area contributed by atoms with E-state index in [1.54, 1.807) is 6.26 Å². The Morgan fingerprint density at radius 1 is 1.27 bits per heavy atom. The number of unbranched alkanes of at least 4 members (excludes halogenated alkanes) is 4. The molecule has 0 heterocycles. The summed E-state index contributed by atoms with van der Waals surface area (Å²) in [5, 5.41) is 8.21. The lowest BCUT2D eigenvalue weighted by Gasteiger charge is -1.95. The highest BCUT2D eigenvalue weighted by molar-refractivity contribution is 7.84. The monoisotopic (exact) mass is 173 g/mol. The smallest absolute Gasteiger partial charge is 0.0621 e. The number of rotatable bonds is 6. The largest absolute Gasteiger partial charge is 0.260 e. The summed E-state index contributed by atoms with van der Waals surface area (Å²) >= 11 is 0. The van der Waals surface area contributed by atoms with Crippen LogP contribution in [-0.2, 0) is 10.8 Å². The maximum Gasteiger partial charge on any atom is 0.0621 e. The van der Waals surface area contributed by atoms with Crippen LogP contribution in [0.25, 0.3) is 0 Å². The average Bonchev–Trinajstić information content (AvgIpc) is 1.96. The quantitative estimate of drug-likeness (QED) is 0.575. The maximum atomic E-state index is 10.6. The Hall–Kier alpha value is -0.360. The molecular weight excluding hydrogens is 158 g/mol. The van der Waals surface area contributed by atoms with Crippen LogP contribution in [-0.4, -0.2) is 16.2 Å². The lowest BCUT2D eigenvalue weighted by atomic mass is 10.2. The highest BCUT2D eigenvalue weighted by atomic mass is 32.2. The van der Waals surface area contributed by atoms with Gasteiger partial charge in [-0.05, 0) is 12.8 Å². The summed E-state index contributed by atoms with van der Waals surface area (Å²) in [6, 6.07) is 2.11. The predicted molar refractivity (Wildman–Crippen MR) is 47.6 cm³/mol. The van der Waals surface area contributed by atoms with E-state index in [4.69, 9.17) is 5.26 Å². The predicted octanol–water partition coefficient (Wildman–Crippen LogP) is 1.84. The molecule has 0 amide bonds. The zero-order chi connectivity index (χ0) is 8.53. The number of nitriles is 1. The summed E-state index contributed by atoms with van der Waals surface area (Å²) in [6.07, 6.45) is 6.64. The van der Waals surface area contributed by atoms with Gasteiger partial charge in [0, 0.05) is 29.2 Å². The van der Waals surface area contributed by atoms with Crippen LogP contribution in [0.15, 0.2) is 0 Å². The van der Waals surface area contributed by atoms with Crippen LogP contribution in [0.4, 0.5) is 0 Å². The second kappa shape index (κ2) is 7.74. The lowest BCUT2D eigenvalue weighted by molar-refractivity contribution is 0.662. The Bertz CT molecular complexity index is 151. The van der Waals surface area contributed by atoms with Gasteiger partial charge in [0.15, 0.2) is 0 Å². The normalized spacial score (nSPS) is 12.4. The molecule has 3 heteroatoms. The van der Waals surface area contributed by atoms with Crippen molar-refractivity contribution in [2.75, 3.05) is 12.0 Å². The van der Waals surface area contributed by atoms with E-state index in [0.29, 0.717) is 6.42 Å². The molecule has 2 nitrogen and oxygen atoms in total. The molecule has 0 saturated carbocycles. The van der Waals surface area contributed by atoms with E-state index >= 15 is 0 Å². The van der Waals surface area contributed by atoms with Gasteiger partial charge in [-0.2, -0.15) is 5.26 Å². The fraction of sp³-hybridized carbons (Fsp3) is 0.875. The fourth-order valence-corrected chi connectivity index (χ4v) is 1.47. The molecule has 0 bridgehead atoms. The number of hydrogen-bond acceptors (Lipinski definition) is 2. The molecule has 0 saturated heterocycles. The van der Waals surface area contributed by atoms with Gasteiger partial charge in [-0.25, -0.2) is 0 Å². The van der Waals surface area contributed by atoms with E-state index in [1.165, 1.54) is 0 Å². The van der Waals surface area contributed by atoms with Crippen LogP contribution in [0.1, 0.15) is 32.1 Å². The Labute approximate surface area is 71.1 Å². The molecule has 0 N–H and O–H groups in total. The van der Waals surface area contributed by atoms with Crippen LogP contribution in [0, 0.1) is 11.3 Å². The SMILES string of the molecule is CS(=O)CCCCCCC#N. The molecular formula is C8H15NOS. The molecule has 0 fully saturated rings. The Morgan fingerprint density at radius 2 is 1.91 bits per heavy atom. The first kappa shape index (κ1) is 10.6. The van der Waals surface area contributed by atoms with Crippen molar-refractivity contribution in [2.24, 2.45) is 0 Å². The molecule has 0 aliphatic carbocycles. The first-order chi connectivity index (χ1) is 5.27. The Morgan fingerprint density at radius 3 is 2.45 bits per heavy atom. The molecule has 0 radical (unpaired) electrons. The van der Waals surface area contributed by atoms with Crippen molar-refractivity contribution in [1.29, 1.82) is 5.26 Å². The van der Waals surface area contributed by atoms with Gasteiger partial charge < -0.3 is 0 Å². The lowest BCUT2D eigenvalue weighted by Crippen LogP contribution is -1.93.